The number of halogens is 1. The Morgan fingerprint density at radius 3 is 2.80 bits per heavy atom. The Balaban J connectivity index is 1.48. The molecule has 2 aliphatic heterocycles. The maximum absolute atomic E-state index is 6.46. The molecule has 5 rings (SSSR count). The molecule has 0 aliphatic carbocycles. The van der Waals surface area contributed by atoms with Crippen molar-refractivity contribution in [2.24, 2.45) is 0 Å². The summed E-state index contributed by atoms with van der Waals surface area (Å²) in [5, 5.41) is 3.83. The molecule has 8 heteroatoms. The van der Waals surface area contributed by atoms with Gasteiger partial charge in [-0.15, -0.1) is 0 Å². The lowest BCUT2D eigenvalue weighted by molar-refractivity contribution is 0.312. The molecule has 4 heterocycles. The smallest absolute Gasteiger partial charge is 0.229 e. The van der Waals surface area contributed by atoms with Crippen molar-refractivity contribution in [3.05, 3.63) is 58.4 Å². The molecule has 2 aliphatic rings. The molecule has 0 atom stereocenters. The van der Waals surface area contributed by atoms with E-state index in [1.165, 1.54) is 16.7 Å². The highest BCUT2D eigenvalue weighted by molar-refractivity contribution is 6.33. The second-order valence-electron chi connectivity index (χ2n) is 7.69. The van der Waals surface area contributed by atoms with Crippen LogP contribution in [0.15, 0.2) is 36.7 Å². The average Bonchev–Trinajstić information content (AvgIpc) is 3.18. The lowest BCUT2D eigenvalue weighted by Crippen LogP contribution is -2.26. The van der Waals surface area contributed by atoms with Crippen LogP contribution in [0.5, 0.6) is 5.75 Å². The Bertz CT molecular complexity index is 1100. The zero-order valence-electron chi connectivity index (χ0n) is 17.0. The summed E-state index contributed by atoms with van der Waals surface area (Å²) in [4.78, 5) is 18.0. The summed E-state index contributed by atoms with van der Waals surface area (Å²) in [6.07, 6.45) is 5.36. The van der Waals surface area contributed by atoms with E-state index < -0.39 is 0 Å². The Morgan fingerprint density at radius 2 is 1.93 bits per heavy atom. The summed E-state index contributed by atoms with van der Waals surface area (Å²) < 4.78 is 5.63. The van der Waals surface area contributed by atoms with Crippen LogP contribution >= 0.6 is 11.6 Å². The van der Waals surface area contributed by atoms with Crippen LogP contribution in [0.25, 0.3) is 0 Å². The molecule has 0 saturated heterocycles. The first-order chi connectivity index (χ1) is 14.6. The number of nitrogens with one attached hydrogen (secondary N) is 1. The molecule has 7 nitrogen and oxygen atoms in total. The summed E-state index contributed by atoms with van der Waals surface area (Å²) in [7, 11) is 3.82. The Morgan fingerprint density at radius 1 is 1.07 bits per heavy atom. The molecular formula is C22H23ClN6O. The Hall–Kier alpha value is -2.90. The van der Waals surface area contributed by atoms with Gasteiger partial charge in [-0.3, -0.25) is 0 Å². The Labute approximate surface area is 180 Å². The van der Waals surface area contributed by atoms with Crippen molar-refractivity contribution in [3.8, 4) is 5.75 Å². The maximum atomic E-state index is 6.46. The van der Waals surface area contributed by atoms with Gasteiger partial charge in [-0.2, -0.15) is 4.98 Å². The number of aromatic nitrogens is 3. The van der Waals surface area contributed by atoms with Crippen LogP contribution in [0.1, 0.15) is 16.7 Å². The second kappa shape index (κ2) is 7.74. The molecule has 0 bridgehead atoms. The van der Waals surface area contributed by atoms with E-state index in [1.807, 2.05) is 11.0 Å². The van der Waals surface area contributed by atoms with Crippen LogP contribution in [0.3, 0.4) is 0 Å². The normalized spacial score (nSPS) is 15.6. The third-order valence-electron chi connectivity index (χ3n) is 5.68. The molecule has 0 fully saturated rings. The van der Waals surface area contributed by atoms with E-state index in [0.29, 0.717) is 16.8 Å². The fourth-order valence-electron chi connectivity index (χ4n) is 4.14. The van der Waals surface area contributed by atoms with Crippen LogP contribution in [-0.4, -0.2) is 47.1 Å². The lowest BCUT2D eigenvalue weighted by atomic mass is 9.99. The maximum Gasteiger partial charge on any atom is 0.229 e. The molecule has 1 aromatic carbocycles. The Kier molecular flexibility index (Phi) is 4.92. The van der Waals surface area contributed by atoms with Gasteiger partial charge in [-0.25, -0.2) is 9.97 Å². The van der Waals surface area contributed by atoms with Gasteiger partial charge in [0.05, 0.1) is 19.0 Å². The van der Waals surface area contributed by atoms with E-state index in [4.69, 9.17) is 21.3 Å². The van der Waals surface area contributed by atoms with E-state index in [0.717, 1.165) is 49.7 Å². The van der Waals surface area contributed by atoms with Gasteiger partial charge in [0.1, 0.15) is 16.6 Å². The van der Waals surface area contributed by atoms with Gasteiger partial charge < -0.3 is 19.9 Å². The lowest BCUT2D eigenvalue weighted by Gasteiger charge is -2.26. The number of hydrogen-bond donors (Lipinski definition) is 1. The van der Waals surface area contributed by atoms with E-state index in [-0.39, 0.29) is 0 Å². The summed E-state index contributed by atoms with van der Waals surface area (Å²) in [6.45, 7) is 2.76. The molecule has 154 valence electrons. The van der Waals surface area contributed by atoms with Gasteiger partial charge in [0.15, 0.2) is 5.82 Å². The molecule has 0 radical (unpaired) electrons. The van der Waals surface area contributed by atoms with E-state index in [2.05, 4.69) is 45.4 Å². The molecule has 3 aromatic rings. The summed E-state index contributed by atoms with van der Waals surface area (Å²) in [5.74, 6) is 2.81. The number of ether oxygens (including phenoxy) is 1. The molecule has 0 amide bonds. The number of rotatable bonds is 4. The van der Waals surface area contributed by atoms with Gasteiger partial charge in [-0.05, 0) is 54.8 Å². The highest BCUT2D eigenvalue weighted by atomic mass is 35.5. The van der Waals surface area contributed by atoms with Crippen LogP contribution in [-0.2, 0) is 19.4 Å². The largest absolute Gasteiger partial charge is 0.495 e. The quantitative estimate of drug-likeness (QED) is 0.682. The van der Waals surface area contributed by atoms with Crippen molar-refractivity contribution in [3.63, 3.8) is 0 Å². The van der Waals surface area contributed by atoms with Gasteiger partial charge in [0, 0.05) is 25.8 Å². The number of pyridine rings is 1. The molecule has 0 spiro atoms. The molecule has 30 heavy (non-hydrogen) atoms. The van der Waals surface area contributed by atoms with Crippen LogP contribution in [0, 0.1) is 0 Å². The molecule has 0 saturated carbocycles. The summed E-state index contributed by atoms with van der Waals surface area (Å²) in [5.41, 5.74) is 4.66. The van der Waals surface area contributed by atoms with Gasteiger partial charge in [-0.1, -0.05) is 17.7 Å². The first-order valence-electron chi connectivity index (χ1n) is 10.0. The number of nitrogens with zero attached hydrogens (tertiary/aromatic N) is 5. The van der Waals surface area contributed by atoms with E-state index >= 15 is 0 Å². The third kappa shape index (κ3) is 3.44. The van der Waals surface area contributed by atoms with E-state index in [9.17, 15) is 0 Å². The zero-order chi connectivity index (χ0) is 20.7. The first kappa shape index (κ1) is 19.1. The van der Waals surface area contributed by atoms with Crippen molar-refractivity contribution in [2.75, 3.05) is 37.5 Å². The first-order valence-corrected chi connectivity index (χ1v) is 10.4. The molecule has 0 unspecified atom stereocenters. The third-order valence-corrected chi connectivity index (χ3v) is 5.95. The zero-order valence-corrected chi connectivity index (χ0v) is 17.8. The summed E-state index contributed by atoms with van der Waals surface area (Å²) in [6, 6.07) is 8.29. The highest BCUT2D eigenvalue weighted by Gasteiger charge is 2.25. The van der Waals surface area contributed by atoms with Gasteiger partial charge in [0.2, 0.25) is 5.95 Å². The second-order valence-corrected chi connectivity index (χ2v) is 8.09. The van der Waals surface area contributed by atoms with Gasteiger partial charge >= 0.3 is 0 Å². The number of hydrogen-bond acceptors (Lipinski definition) is 7. The minimum Gasteiger partial charge on any atom is -0.495 e. The minimum atomic E-state index is 0.473. The number of methoxy groups -OCH3 is 1. The van der Waals surface area contributed by atoms with Crippen LogP contribution < -0.4 is 15.0 Å². The summed E-state index contributed by atoms with van der Waals surface area (Å²) >= 11 is 6.46. The van der Waals surface area contributed by atoms with Gasteiger partial charge in [0.25, 0.3) is 0 Å². The monoisotopic (exact) mass is 422 g/mol. The standard InChI is InChI=1S/C22H23ClN6O/c1-28-8-5-15-11-19(30-2)18(10-16(15)13-28)26-22-25-12-17(23)21(27-22)29-9-6-14-4-3-7-24-20(14)29/h3-4,7,10-12H,5-6,8-9,13H2,1-2H3,(H,25,26,27). The molecule has 1 N–H and O–H groups in total. The SMILES string of the molecule is COc1cc2c(cc1Nc1ncc(Cl)c(N3CCc4cccnc43)n1)CN(C)CC2. The number of anilines is 4. The average molecular weight is 423 g/mol. The van der Waals surface area contributed by atoms with Crippen molar-refractivity contribution in [1.29, 1.82) is 0 Å². The van der Waals surface area contributed by atoms with Crippen LogP contribution in [0.2, 0.25) is 5.02 Å². The van der Waals surface area contributed by atoms with E-state index in [1.54, 1.807) is 19.5 Å². The van der Waals surface area contributed by atoms with Crippen molar-refractivity contribution in [2.45, 2.75) is 19.4 Å². The highest BCUT2D eigenvalue weighted by Crippen LogP contribution is 2.37. The molecule has 2 aromatic heterocycles. The number of likely N-dealkylation sites (N-methyl/N-ethyl adjacent to an activating group) is 1. The fraction of sp³-hybridized carbons (Fsp3) is 0.318. The van der Waals surface area contributed by atoms with Crippen molar-refractivity contribution >= 4 is 34.9 Å². The minimum absolute atomic E-state index is 0.473. The number of benzene rings is 1. The predicted octanol–water partition coefficient (Wildman–Crippen LogP) is 3.96. The molecular weight excluding hydrogens is 400 g/mol. The van der Waals surface area contributed by atoms with Crippen LogP contribution in [0.4, 0.5) is 23.3 Å². The number of fused-ring (bicyclic) bond motifs is 2. The van der Waals surface area contributed by atoms with Crippen molar-refractivity contribution < 1.29 is 4.74 Å². The van der Waals surface area contributed by atoms with Crippen molar-refractivity contribution in [1.82, 2.24) is 19.9 Å². The predicted molar refractivity (Wildman–Crippen MR) is 118 cm³/mol. The topological polar surface area (TPSA) is 66.4 Å². The fourth-order valence-corrected chi connectivity index (χ4v) is 4.33.